The van der Waals surface area contributed by atoms with Gasteiger partial charge in [0.15, 0.2) is 16.7 Å². The third-order valence-electron chi connectivity index (χ3n) is 3.06. The van der Waals surface area contributed by atoms with Crippen molar-refractivity contribution in [1.82, 2.24) is 9.55 Å². The molecule has 114 valence electrons. The molecule has 7 heteroatoms. The summed E-state index contributed by atoms with van der Waals surface area (Å²) in [6.07, 6.45) is 0. The van der Waals surface area contributed by atoms with Crippen LogP contribution in [0.1, 0.15) is 0 Å². The lowest BCUT2D eigenvalue weighted by Crippen LogP contribution is -2.19. The van der Waals surface area contributed by atoms with Gasteiger partial charge < -0.3 is 4.74 Å². The van der Waals surface area contributed by atoms with Crippen LogP contribution in [0.5, 0.6) is 5.75 Å². The second-order valence-corrected chi connectivity index (χ2v) is 6.50. The predicted octanol–water partition coefficient (Wildman–Crippen LogP) is 3.31. The average Bonchev–Trinajstić information content (AvgIpc) is 2.98. The molecule has 0 unspecified atom stereocenters. The number of nitrogens with zero attached hydrogens (tertiary/aromatic N) is 2. The van der Waals surface area contributed by atoms with Gasteiger partial charge in [-0.25, -0.2) is 9.37 Å². The molecule has 2 heterocycles. The summed E-state index contributed by atoms with van der Waals surface area (Å²) in [6.45, 7) is 0.336. The Morgan fingerprint density at radius 3 is 3.00 bits per heavy atom. The largest absolute Gasteiger partial charge is 0.490 e. The molecule has 0 aliphatic carbocycles. The molecule has 0 saturated heterocycles. The molecule has 4 nitrogen and oxygen atoms in total. The standard InChI is InChI=1S/C15H13FN2O2S2/c1-18-14(19)13-11(6-8-21-13)17-15(18)22-9-7-20-12-5-3-2-4-10(12)16/h2-6,8H,7,9H2,1H3. The van der Waals surface area contributed by atoms with Crippen molar-refractivity contribution < 1.29 is 9.13 Å². The number of ether oxygens (including phenoxy) is 1. The molecule has 0 aliphatic rings. The zero-order chi connectivity index (χ0) is 15.5. The Kier molecular flexibility index (Phi) is 4.44. The number of para-hydroxylation sites is 1. The maximum absolute atomic E-state index is 13.4. The smallest absolute Gasteiger partial charge is 0.271 e. The van der Waals surface area contributed by atoms with E-state index in [9.17, 15) is 9.18 Å². The molecule has 0 aliphatic heterocycles. The Bertz CT molecular complexity index is 860. The summed E-state index contributed by atoms with van der Waals surface area (Å²) in [7, 11) is 1.70. The predicted molar refractivity (Wildman–Crippen MR) is 87.5 cm³/mol. The molecule has 0 bridgehead atoms. The van der Waals surface area contributed by atoms with Gasteiger partial charge in [-0.3, -0.25) is 9.36 Å². The first-order valence-electron chi connectivity index (χ1n) is 6.61. The summed E-state index contributed by atoms with van der Waals surface area (Å²) in [5.74, 6) is 0.431. The second-order valence-electron chi connectivity index (χ2n) is 4.52. The maximum atomic E-state index is 13.4. The molecule has 0 fully saturated rings. The first-order chi connectivity index (χ1) is 10.7. The molecule has 0 amide bonds. The fraction of sp³-hybridized carbons (Fsp3) is 0.200. The minimum absolute atomic E-state index is 0.0440. The number of benzene rings is 1. The van der Waals surface area contributed by atoms with E-state index in [-0.39, 0.29) is 17.1 Å². The van der Waals surface area contributed by atoms with Crippen molar-refractivity contribution in [3.05, 3.63) is 51.9 Å². The van der Waals surface area contributed by atoms with Gasteiger partial charge in [0.05, 0.1) is 12.1 Å². The number of thioether (sulfide) groups is 1. The zero-order valence-corrected chi connectivity index (χ0v) is 13.4. The summed E-state index contributed by atoms with van der Waals surface area (Å²) >= 11 is 2.81. The Morgan fingerprint density at radius 1 is 1.36 bits per heavy atom. The van der Waals surface area contributed by atoms with Gasteiger partial charge in [-0.1, -0.05) is 23.9 Å². The fourth-order valence-electron chi connectivity index (χ4n) is 1.94. The molecular formula is C15H13FN2O2S2. The highest BCUT2D eigenvalue weighted by Gasteiger charge is 2.09. The van der Waals surface area contributed by atoms with Gasteiger partial charge in [-0.2, -0.15) is 0 Å². The molecule has 0 N–H and O–H groups in total. The SMILES string of the molecule is Cn1c(SCCOc2ccccc2F)nc2ccsc2c1=O. The van der Waals surface area contributed by atoms with E-state index in [4.69, 9.17) is 4.74 Å². The molecule has 2 aromatic heterocycles. The van der Waals surface area contributed by atoms with Crippen LogP contribution in [-0.4, -0.2) is 21.9 Å². The van der Waals surface area contributed by atoms with Gasteiger partial charge in [0.25, 0.3) is 5.56 Å². The highest BCUT2D eigenvalue weighted by molar-refractivity contribution is 7.99. The van der Waals surface area contributed by atoms with Crippen molar-refractivity contribution in [2.45, 2.75) is 5.16 Å². The summed E-state index contributed by atoms with van der Waals surface area (Å²) in [5, 5.41) is 2.49. The zero-order valence-electron chi connectivity index (χ0n) is 11.8. The Hall–Kier alpha value is -1.86. The topological polar surface area (TPSA) is 44.1 Å². The van der Waals surface area contributed by atoms with E-state index in [1.54, 1.807) is 25.2 Å². The average molecular weight is 336 g/mol. The monoisotopic (exact) mass is 336 g/mol. The van der Waals surface area contributed by atoms with E-state index in [1.165, 1.54) is 33.7 Å². The van der Waals surface area contributed by atoms with Gasteiger partial charge in [0.1, 0.15) is 4.70 Å². The fourth-order valence-corrected chi connectivity index (χ4v) is 3.54. The Balaban J connectivity index is 1.66. The second kappa shape index (κ2) is 6.50. The van der Waals surface area contributed by atoms with E-state index in [1.807, 2.05) is 11.4 Å². The lowest BCUT2D eigenvalue weighted by molar-refractivity contribution is 0.325. The van der Waals surface area contributed by atoms with Crippen molar-refractivity contribution in [3.63, 3.8) is 0 Å². The number of hydrogen-bond acceptors (Lipinski definition) is 5. The molecule has 1 aromatic carbocycles. The number of thiophene rings is 1. The Morgan fingerprint density at radius 2 is 2.18 bits per heavy atom. The summed E-state index contributed by atoms with van der Waals surface area (Å²) in [6, 6.07) is 8.12. The normalized spacial score (nSPS) is 11.0. The van der Waals surface area contributed by atoms with Crippen LogP contribution < -0.4 is 10.3 Å². The molecule has 3 aromatic rings. The number of fused-ring (bicyclic) bond motifs is 1. The van der Waals surface area contributed by atoms with Crippen LogP contribution in [0.4, 0.5) is 4.39 Å². The van der Waals surface area contributed by atoms with E-state index in [0.29, 0.717) is 27.7 Å². The number of halogens is 1. The van der Waals surface area contributed by atoms with Crippen molar-refractivity contribution in [1.29, 1.82) is 0 Å². The van der Waals surface area contributed by atoms with Crippen LogP contribution >= 0.6 is 23.1 Å². The molecule has 22 heavy (non-hydrogen) atoms. The lowest BCUT2D eigenvalue weighted by atomic mass is 10.3. The van der Waals surface area contributed by atoms with Crippen LogP contribution in [0.2, 0.25) is 0 Å². The van der Waals surface area contributed by atoms with E-state index >= 15 is 0 Å². The minimum atomic E-state index is -0.377. The third kappa shape index (κ3) is 3.00. The number of hydrogen-bond donors (Lipinski definition) is 0. The van der Waals surface area contributed by atoms with E-state index in [0.717, 1.165) is 0 Å². The first kappa shape index (κ1) is 15.1. The van der Waals surface area contributed by atoms with Crippen LogP contribution in [0.15, 0.2) is 45.7 Å². The summed E-state index contributed by atoms with van der Waals surface area (Å²) < 4.78 is 21.0. The van der Waals surface area contributed by atoms with Crippen molar-refractivity contribution in [2.24, 2.45) is 7.05 Å². The van der Waals surface area contributed by atoms with Crippen molar-refractivity contribution in [2.75, 3.05) is 12.4 Å². The molecule has 3 rings (SSSR count). The van der Waals surface area contributed by atoms with Crippen LogP contribution in [-0.2, 0) is 7.05 Å². The van der Waals surface area contributed by atoms with Crippen molar-refractivity contribution in [3.8, 4) is 5.75 Å². The number of rotatable bonds is 5. The van der Waals surface area contributed by atoms with Gasteiger partial charge >= 0.3 is 0 Å². The number of aromatic nitrogens is 2. The van der Waals surface area contributed by atoms with Gasteiger partial charge in [-0.05, 0) is 23.6 Å². The molecule has 0 atom stereocenters. The highest BCUT2D eigenvalue weighted by Crippen LogP contribution is 2.21. The quantitative estimate of drug-likeness (QED) is 0.407. The van der Waals surface area contributed by atoms with Gasteiger partial charge in [-0.15, -0.1) is 11.3 Å². The molecule has 0 saturated carbocycles. The van der Waals surface area contributed by atoms with Crippen molar-refractivity contribution >= 4 is 33.3 Å². The van der Waals surface area contributed by atoms with Crippen LogP contribution in [0.25, 0.3) is 10.2 Å². The molecule has 0 radical (unpaired) electrons. The maximum Gasteiger partial charge on any atom is 0.271 e. The Labute approximate surface area is 134 Å². The van der Waals surface area contributed by atoms with E-state index < -0.39 is 0 Å². The summed E-state index contributed by atoms with van der Waals surface area (Å²) in [4.78, 5) is 16.6. The molecular weight excluding hydrogens is 323 g/mol. The highest BCUT2D eigenvalue weighted by atomic mass is 32.2. The van der Waals surface area contributed by atoms with E-state index in [2.05, 4.69) is 4.98 Å². The first-order valence-corrected chi connectivity index (χ1v) is 8.47. The lowest BCUT2D eigenvalue weighted by Gasteiger charge is -2.08. The van der Waals surface area contributed by atoms with Gasteiger partial charge in [0.2, 0.25) is 0 Å². The van der Waals surface area contributed by atoms with Crippen LogP contribution in [0, 0.1) is 5.82 Å². The van der Waals surface area contributed by atoms with Gasteiger partial charge in [0, 0.05) is 12.8 Å². The van der Waals surface area contributed by atoms with Crippen LogP contribution in [0.3, 0.4) is 0 Å². The third-order valence-corrected chi connectivity index (χ3v) is 4.94. The summed E-state index contributed by atoms with van der Waals surface area (Å²) in [5.41, 5.74) is 0.670. The minimum Gasteiger partial charge on any atom is -0.490 e. The molecule has 0 spiro atoms.